The van der Waals surface area contributed by atoms with Gasteiger partial charge in [-0.2, -0.15) is 0 Å². The Morgan fingerprint density at radius 3 is 2.93 bits per heavy atom. The topological polar surface area (TPSA) is 24.9 Å². The first-order valence-electron chi connectivity index (χ1n) is 5.63. The summed E-state index contributed by atoms with van der Waals surface area (Å²) in [6.07, 6.45) is 8.65. The van der Waals surface area contributed by atoms with Gasteiger partial charge >= 0.3 is 0 Å². The van der Waals surface area contributed by atoms with Gasteiger partial charge in [0.05, 0.1) is 5.02 Å². The zero-order valence-electron chi connectivity index (χ0n) is 9.30. The summed E-state index contributed by atoms with van der Waals surface area (Å²) in [5, 5.41) is 4.14. The Bertz CT molecular complexity index is 276. The van der Waals surface area contributed by atoms with E-state index in [1.54, 1.807) is 12.4 Å². The van der Waals surface area contributed by atoms with Crippen LogP contribution in [0.4, 0.5) is 0 Å². The van der Waals surface area contributed by atoms with Crippen molar-refractivity contribution in [2.45, 2.75) is 39.2 Å². The molecule has 0 aliphatic heterocycles. The molecule has 84 valence electrons. The summed E-state index contributed by atoms with van der Waals surface area (Å²) in [6, 6.07) is 1.96. The van der Waals surface area contributed by atoms with Crippen LogP contribution in [0.2, 0.25) is 5.02 Å². The van der Waals surface area contributed by atoms with Crippen molar-refractivity contribution < 1.29 is 0 Å². The van der Waals surface area contributed by atoms with Gasteiger partial charge in [0, 0.05) is 18.9 Å². The van der Waals surface area contributed by atoms with Crippen LogP contribution in [0.15, 0.2) is 18.5 Å². The molecule has 0 fully saturated rings. The molecule has 0 radical (unpaired) electrons. The Balaban J connectivity index is 2.12. The van der Waals surface area contributed by atoms with Crippen LogP contribution in [0.5, 0.6) is 0 Å². The van der Waals surface area contributed by atoms with Crippen molar-refractivity contribution >= 4 is 11.6 Å². The molecule has 1 aromatic rings. The molecule has 0 atom stereocenters. The fourth-order valence-corrected chi connectivity index (χ4v) is 1.63. The third kappa shape index (κ3) is 5.14. The van der Waals surface area contributed by atoms with Crippen LogP contribution in [0.3, 0.4) is 0 Å². The van der Waals surface area contributed by atoms with Crippen molar-refractivity contribution in [3.63, 3.8) is 0 Å². The van der Waals surface area contributed by atoms with Crippen LogP contribution in [0.25, 0.3) is 0 Å². The minimum absolute atomic E-state index is 0.749. The molecule has 0 amide bonds. The first-order valence-corrected chi connectivity index (χ1v) is 6.01. The van der Waals surface area contributed by atoms with E-state index >= 15 is 0 Å². The highest BCUT2D eigenvalue weighted by molar-refractivity contribution is 6.31. The van der Waals surface area contributed by atoms with Gasteiger partial charge in [0.2, 0.25) is 0 Å². The molecule has 1 N–H and O–H groups in total. The molecule has 0 aromatic carbocycles. The molecule has 1 aromatic heterocycles. The van der Waals surface area contributed by atoms with E-state index in [-0.39, 0.29) is 0 Å². The van der Waals surface area contributed by atoms with Gasteiger partial charge in [0.15, 0.2) is 0 Å². The molecule has 0 saturated heterocycles. The number of pyridine rings is 1. The maximum atomic E-state index is 5.98. The van der Waals surface area contributed by atoms with Crippen LogP contribution in [-0.2, 0) is 6.54 Å². The molecule has 15 heavy (non-hydrogen) atoms. The largest absolute Gasteiger partial charge is 0.313 e. The summed E-state index contributed by atoms with van der Waals surface area (Å²) < 4.78 is 0. The van der Waals surface area contributed by atoms with E-state index in [9.17, 15) is 0 Å². The number of nitrogens with one attached hydrogen (secondary N) is 1. The molecular weight excluding hydrogens is 208 g/mol. The molecule has 1 rings (SSSR count). The molecule has 3 heteroatoms. The molecule has 0 unspecified atom stereocenters. The Morgan fingerprint density at radius 1 is 1.33 bits per heavy atom. The van der Waals surface area contributed by atoms with Crippen molar-refractivity contribution in [2.75, 3.05) is 6.54 Å². The first kappa shape index (κ1) is 12.5. The third-order valence-corrected chi connectivity index (χ3v) is 2.72. The highest BCUT2D eigenvalue weighted by atomic mass is 35.5. The summed E-state index contributed by atoms with van der Waals surface area (Å²) in [6.45, 7) is 4.14. The van der Waals surface area contributed by atoms with Crippen molar-refractivity contribution in [3.8, 4) is 0 Å². The molecule has 0 bridgehead atoms. The average molecular weight is 227 g/mol. The predicted octanol–water partition coefficient (Wildman–Crippen LogP) is 3.40. The second-order valence-electron chi connectivity index (χ2n) is 3.70. The quantitative estimate of drug-likeness (QED) is 0.721. The van der Waals surface area contributed by atoms with Gasteiger partial charge in [-0.25, -0.2) is 0 Å². The van der Waals surface area contributed by atoms with E-state index < -0.39 is 0 Å². The van der Waals surface area contributed by atoms with Crippen LogP contribution >= 0.6 is 11.6 Å². The number of halogens is 1. The number of aromatic nitrogens is 1. The monoisotopic (exact) mass is 226 g/mol. The van der Waals surface area contributed by atoms with Gasteiger partial charge < -0.3 is 5.32 Å². The first-order chi connectivity index (χ1) is 7.34. The summed E-state index contributed by atoms with van der Waals surface area (Å²) in [4.78, 5) is 3.95. The summed E-state index contributed by atoms with van der Waals surface area (Å²) in [7, 11) is 0. The van der Waals surface area contributed by atoms with Gasteiger partial charge in [0.25, 0.3) is 0 Å². The van der Waals surface area contributed by atoms with E-state index in [4.69, 9.17) is 11.6 Å². The number of nitrogens with zero attached hydrogens (tertiary/aromatic N) is 1. The molecule has 0 aliphatic carbocycles. The Morgan fingerprint density at radius 2 is 2.20 bits per heavy atom. The van der Waals surface area contributed by atoms with E-state index in [0.29, 0.717) is 0 Å². The fraction of sp³-hybridized carbons (Fsp3) is 0.583. The lowest BCUT2D eigenvalue weighted by Crippen LogP contribution is -2.14. The normalized spacial score (nSPS) is 10.5. The zero-order valence-corrected chi connectivity index (χ0v) is 10.1. The molecule has 1 heterocycles. The van der Waals surface area contributed by atoms with Crippen LogP contribution in [-0.4, -0.2) is 11.5 Å². The van der Waals surface area contributed by atoms with E-state index in [1.165, 1.54) is 25.7 Å². The number of unbranched alkanes of at least 4 members (excludes halogenated alkanes) is 3. The number of hydrogen-bond donors (Lipinski definition) is 1. The van der Waals surface area contributed by atoms with Crippen molar-refractivity contribution in [1.82, 2.24) is 10.3 Å². The minimum Gasteiger partial charge on any atom is -0.313 e. The molecule has 2 nitrogen and oxygen atoms in total. The molecule has 0 spiro atoms. The van der Waals surface area contributed by atoms with Gasteiger partial charge in [0.1, 0.15) is 0 Å². The van der Waals surface area contributed by atoms with Crippen LogP contribution < -0.4 is 5.32 Å². The lowest BCUT2D eigenvalue weighted by atomic mass is 10.2. The number of hydrogen-bond acceptors (Lipinski definition) is 2. The maximum absolute atomic E-state index is 5.98. The SMILES string of the molecule is CCCCCCNCc1ccncc1Cl. The smallest absolute Gasteiger partial charge is 0.0634 e. The maximum Gasteiger partial charge on any atom is 0.0634 e. The van der Waals surface area contributed by atoms with E-state index in [1.807, 2.05) is 6.07 Å². The molecule has 0 saturated carbocycles. The van der Waals surface area contributed by atoms with Crippen LogP contribution in [0.1, 0.15) is 38.2 Å². The van der Waals surface area contributed by atoms with Gasteiger partial charge in [-0.15, -0.1) is 0 Å². The average Bonchev–Trinajstić information content (AvgIpc) is 2.25. The fourth-order valence-electron chi connectivity index (χ4n) is 1.45. The van der Waals surface area contributed by atoms with Crippen molar-refractivity contribution in [1.29, 1.82) is 0 Å². The standard InChI is InChI=1S/C12H19ClN2/c1-2-3-4-5-7-14-9-11-6-8-15-10-12(11)13/h6,8,10,14H,2-5,7,9H2,1H3. The zero-order chi connectivity index (χ0) is 10.9. The third-order valence-electron chi connectivity index (χ3n) is 2.38. The summed E-state index contributed by atoms with van der Waals surface area (Å²) in [5.41, 5.74) is 1.13. The minimum atomic E-state index is 0.749. The van der Waals surface area contributed by atoms with Gasteiger partial charge in [-0.3, -0.25) is 4.98 Å². The second kappa shape index (κ2) is 7.66. The lowest BCUT2D eigenvalue weighted by Gasteiger charge is -2.05. The summed E-state index contributed by atoms with van der Waals surface area (Å²) >= 11 is 5.98. The van der Waals surface area contributed by atoms with Gasteiger partial charge in [-0.1, -0.05) is 37.8 Å². The lowest BCUT2D eigenvalue weighted by molar-refractivity contribution is 0.598. The Kier molecular flexibility index (Phi) is 6.37. The highest BCUT2D eigenvalue weighted by Gasteiger charge is 1.97. The predicted molar refractivity (Wildman–Crippen MR) is 65.1 cm³/mol. The molecular formula is C12H19ClN2. The molecule has 0 aliphatic rings. The van der Waals surface area contributed by atoms with Gasteiger partial charge in [-0.05, 0) is 24.6 Å². The van der Waals surface area contributed by atoms with Crippen LogP contribution in [0, 0.1) is 0 Å². The Labute approximate surface area is 97.1 Å². The second-order valence-corrected chi connectivity index (χ2v) is 4.11. The Hall–Kier alpha value is -0.600. The summed E-state index contributed by atoms with van der Waals surface area (Å²) in [5.74, 6) is 0. The number of rotatable bonds is 7. The van der Waals surface area contributed by atoms with E-state index in [2.05, 4.69) is 17.2 Å². The van der Waals surface area contributed by atoms with Crippen molar-refractivity contribution in [3.05, 3.63) is 29.0 Å². The highest BCUT2D eigenvalue weighted by Crippen LogP contribution is 2.12. The van der Waals surface area contributed by atoms with E-state index in [0.717, 1.165) is 23.7 Å². The van der Waals surface area contributed by atoms with Crippen molar-refractivity contribution in [2.24, 2.45) is 0 Å².